The highest BCUT2D eigenvalue weighted by atomic mass is 79.9. The molecule has 2 heterocycles. The fourth-order valence-corrected chi connectivity index (χ4v) is 4.23. The zero-order chi connectivity index (χ0) is 18.4. The average Bonchev–Trinajstić information content (AvgIpc) is 2.93. The Morgan fingerprint density at radius 1 is 1.27 bits per heavy atom. The molecule has 0 radical (unpaired) electrons. The lowest BCUT2D eigenvalue weighted by atomic mass is 10.1. The molecule has 1 N–H and O–H groups in total. The second-order valence-electron chi connectivity index (χ2n) is 6.90. The largest absolute Gasteiger partial charge is 0.345 e. The highest BCUT2D eigenvalue weighted by Gasteiger charge is 2.25. The molecule has 132 valence electrons. The third-order valence-electron chi connectivity index (χ3n) is 5.05. The Labute approximate surface area is 160 Å². The molecule has 1 aliphatic rings. The normalized spacial score (nSPS) is 16.7. The number of hydrogen-bond acceptors (Lipinski definition) is 2. The van der Waals surface area contributed by atoms with Gasteiger partial charge in [0.2, 0.25) is 5.43 Å². The molecule has 2 atom stereocenters. The number of nitrogens with one attached hydrogen (secondary N) is 1. The molecule has 1 aromatic heterocycles. The molecule has 4 nitrogen and oxygen atoms in total. The van der Waals surface area contributed by atoms with Crippen molar-refractivity contribution >= 4 is 32.7 Å². The van der Waals surface area contributed by atoms with Gasteiger partial charge in [-0.2, -0.15) is 0 Å². The monoisotopic (exact) mass is 410 g/mol. The Hall–Kier alpha value is -2.40. The lowest BCUT2D eigenvalue weighted by molar-refractivity contribution is 0.0938. The first-order valence-corrected chi connectivity index (χ1v) is 9.48. The van der Waals surface area contributed by atoms with Crippen molar-refractivity contribution in [2.24, 2.45) is 0 Å². The van der Waals surface area contributed by atoms with Gasteiger partial charge in [-0.1, -0.05) is 46.3 Å². The predicted octanol–water partition coefficient (Wildman–Crippen LogP) is 4.37. The number of rotatable bonds is 3. The summed E-state index contributed by atoms with van der Waals surface area (Å²) in [5, 5.41) is 3.55. The Kier molecular flexibility index (Phi) is 4.19. The van der Waals surface area contributed by atoms with Crippen molar-refractivity contribution in [2.45, 2.75) is 32.4 Å². The number of benzene rings is 2. The quantitative estimate of drug-likeness (QED) is 0.696. The lowest BCUT2D eigenvalue weighted by Crippen LogP contribution is -2.31. The van der Waals surface area contributed by atoms with Gasteiger partial charge in [-0.3, -0.25) is 9.59 Å². The average molecular weight is 411 g/mol. The molecule has 0 aliphatic carbocycles. The highest BCUT2D eigenvalue weighted by Crippen LogP contribution is 2.33. The van der Waals surface area contributed by atoms with Gasteiger partial charge in [0.1, 0.15) is 5.56 Å². The first-order valence-electron chi connectivity index (χ1n) is 8.69. The maximum Gasteiger partial charge on any atom is 0.257 e. The molecule has 0 saturated carbocycles. The molecule has 0 bridgehead atoms. The van der Waals surface area contributed by atoms with Crippen LogP contribution in [0.25, 0.3) is 10.9 Å². The van der Waals surface area contributed by atoms with Crippen molar-refractivity contribution in [1.29, 1.82) is 0 Å². The summed E-state index contributed by atoms with van der Waals surface area (Å²) in [6, 6.07) is 13.6. The molecule has 4 rings (SSSR count). The molecule has 2 aromatic carbocycles. The number of carbonyl (C=O) groups excluding carboxylic acids is 1. The minimum atomic E-state index is -0.336. The van der Waals surface area contributed by atoms with E-state index in [4.69, 9.17) is 0 Å². The van der Waals surface area contributed by atoms with Gasteiger partial charge < -0.3 is 9.88 Å². The van der Waals surface area contributed by atoms with E-state index in [1.807, 2.05) is 43.3 Å². The molecule has 0 fully saturated rings. The summed E-state index contributed by atoms with van der Waals surface area (Å²) in [6.45, 7) is 4.02. The van der Waals surface area contributed by atoms with Crippen LogP contribution in [0.4, 0.5) is 0 Å². The van der Waals surface area contributed by atoms with E-state index in [2.05, 4.69) is 38.8 Å². The third kappa shape index (κ3) is 2.76. The lowest BCUT2D eigenvalue weighted by Gasteiger charge is -2.16. The van der Waals surface area contributed by atoms with Crippen LogP contribution >= 0.6 is 15.9 Å². The van der Waals surface area contributed by atoms with E-state index in [0.717, 1.165) is 27.5 Å². The molecular formula is C21H19BrN2O2. The Morgan fingerprint density at radius 2 is 2.00 bits per heavy atom. The molecule has 26 heavy (non-hydrogen) atoms. The van der Waals surface area contributed by atoms with Crippen LogP contribution in [-0.2, 0) is 6.42 Å². The van der Waals surface area contributed by atoms with E-state index >= 15 is 0 Å². The second-order valence-corrected chi connectivity index (χ2v) is 7.81. The fraction of sp³-hybridized carbons (Fsp3) is 0.238. The van der Waals surface area contributed by atoms with Gasteiger partial charge in [0.05, 0.1) is 11.6 Å². The van der Waals surface area contributed by atoms with Gasteiger partial charge in [0.25, 0.3) is 5.91 Å². The number of nitrogens with zero attached hydrogens (tertiary/aromatic N) is 1. The van der Waals surface area contributed by atoms with Crippen molar-refractivity contribution in [3.8, 4) is 0 Å². The SMILES string of the molecule is C[C@H](NC(=O)c1cn2c3c(cc(Br)cc3c1=O)C[C@H]2C)c1ccccc1. The van der Waals surface area contributed by atoms with Crippen LogP contribution in [0.5, 0.6) is 0 Å². The molecule has 5 heteroatoms. The van der Waals surface area contributed by atoms with Gasteiger partial charge in [0.15, 0.2) is 0 Å². The van der Waals surface area contributed by atoms with Crippen LogP contribution in [0.2, 0.25) is 0 Å². The van der Waals surface area contributed by atoms with Gasteiger partial charge >= 0.3 is 0 Å². The summed E-state index contributed by atoms with van der Waals surface area (Å²) in [5.41, 5.74) is 3.07. The van der Waals surface area contributed by atoms with Crippen molar-refractivity contribution < 1.29 is 4.79 Å². The summed E-state index contributed by atoms with van der Waals surface area (Å²) in [7, 11) is 0. The Bertz CT molecular complexity index is 1070. The minimum Gasteiger partial charge on any atom is -0.345 e. The number of hydrogen-bond donors (Lipinski definition) is 1. The van der Waals surface area contributed by atoms with Crippen molar-refractivity contribution in [2.75, 3.05) is 0 Å². The topological polar surface area (TPSA) is 51.1 Å². The van der Waals surface area contributed by atoms with Crippen LogP contribution in [-0.4, -0.2) is 10.5 Å². The van der Waals surface area contributed by atoms with E-state index in [1.165, 1.54) is 0 Å². The standard InChI is InChI=1S/C21H19BrN2O2/c1-12-8-15-9-16(22)10-17-19(15)24(12)11-18(20(17)25)21(26)23-13(2)14-6-4-3-5-7-14/h3-7,9-13H,8H2,1-2H3,(H,23,26)/t12-,13+/m1/s1. The molecule has 0 unspecified atom stereocenters. The summed E-state index contributed by atoms with van der Waals surface area (Å²) in [5.74, 6) is -0.336. The molecular weight excluding hydrogens is 392 g/mol. The number of amides is 1. The Morgan fingerprint density at radius 3 is 2.73 bits per heavy atom. The maximum absolute atomic E-state index is 13.0. The molecule has 1 aliphatic heterocycles. The number of aromatic nitrogens is 1. The van der Waals surface area contributed by atoms with Crippen LogP contribution < -0.4 is 10.7 Å². The molecule has 0 spiro atoms. The van der Waals surface area contributed by atoms with Gasteiger partial charge in [0, 0.05) is 22.1 Å². The highest BCUT2D eigenvalue weighted by molar-refractivity contribution is 9.10. The van der Waals surface area contributed by atoms with Gasteiger partial charge in [-0.05, 0) is 43.5 Å². The Balaban J connectivity index is 1.77. The van der Waals surface area contributed by atoms with E-state index in [9.17, 15) is 9.59 Å². The number of halogens is 1. The van der Waals surface area contributed by atoms with Crippen molar-refractivity contribution in [3.63, 3.8) is 0 Å². The first-order chi connectivity index (χ1) is 12.5. The van der Waals surface area contributed by atoms with E-state index in [-0.39, 0.29) is 29.0 Å². The fourth-order valence-electron chi connectivity index (χ4n) is 3.72. The van der Waals surface area contributed by atoms with Gasteiger partial charge in [-0.25, -0.2) is 0 Å². The van der Waals surface area contributed by atoms with Crippen LogP contribution in [0.15, 0.2) is 57.9 Å². The van der Waals surface area contributed by atoms with Crippen LogP contribution in [0, 0.1) is 0 Å². The zero-order valence-corrected chi connectivity index (χ0v) is 16.2. The van der Waals surface area contributed by atoms with E-state index in [1.54, 1.807) is 6.20 Å². The van der Waals surface area contributed by atoms with Crippen LogP contribution in [0.3, 0.4) is 0 Å². The smallest absolute Gasteiger partial charge is 0.257 e. The van der Waals surface area contributed by atoms with E-state index < -0.39 is 0 Å². The third-order valence-corrected chi connectivity index (χ3v) is 5.51. The van der Waals surface area contributed by atoms with Gasteiger partial charge in [-0.15, -0.1) is 0 Å². The van der Waals surface area contributed by atoms with Crippen molar-refractivity contribution in [3.05, 3.63) is 80.0 Å². The summed E-state index contributed by atoms with van der Waals surface area (Å²) < 4.78 is 2.92. The predicted molar refractivity (Wildman–Crippen MR) is 107 cm³/mol. The molecule has 0 saturated heterocycles. The van der Waals surface area contributed by atoms with Crippen molar-refractivity contribution in [1.82, 2.24) is 9.88 Å². The molecule has 1 amide bonds. The zero-order valence-electron chi connectivity index (χ0n) is 14.6. The summed E-state index contributed by atoms with van der Waals surface area (Å²) >= 11 is 3.49. The second kappa shape index (κ2) is 6.40. The number of carbonyl (C=O) groups is 1. The maximum atomic E-state index is 13.0. The first kappa shape index (κ1) is 17.0. The number of pyridine rings is 1. The minimum absolute atomic E-state index is 0.173. The van der Waals surface area contributed by atoms with E-state index in [0.29, 0.717) is 5.39 Å². The molecule has 3 aromatic rings. The summed E-state index contributed by atoms with van der Waals surface area (Å²) in [4.78, 5) is 25.8. The van der Waals surface area contributed by atoms with Crippen LogP contribution in [0.1, 0.15) is 47.4 Å². The summed E-state index contributed by atoms with van der Waals surface area (Å²) in [6.07, 6.45) is 2.58.